The molecule has 0 aliphatic rings. The van der Waals surface area contributed by atoms with Crippen LogP contribution in [0, 0.1) is 0 Å². The standard InChI is InChI=1S/CH5OP.2Pb.2H/c2-1-3;;;;/h2H,1,3H2;;;;. The van der Waals surface area contributed by atoms with Crippen molar-refractivity contribution in [2.75, 3.05) is 6.35 Å². The van der Waals surface area contributed by atoms with Crippen molar-refractivity contribution >= 4 is 63.8 Å². The SMILES string of the molecule is OCP.[PbH].[PbH]. The van der Waals surface area contributed by atoms with E-state index in [1.165, 1.54) is 0 Å². The first-order chi connectivity index (χ1) is 1.41. The van der Waals surface area contributed by atoms with Crippen LogP contribution < -0.4 is 0 Å². The van der Waals surface area contributed by atoms with E-state index in [1.807, 2.05) is 0 Å². The molecule has 0 fully saturated rings. The molecule has 1 N–H and O–H groups in total. The molecule has 1 unspecified atom stereocenters. The topological polar surface area (TPSA) is 20.2 Å². The Balaban J connectivity index is -0.0000000200. The van der Waals surface area contributed by atoms with Gasteiger partial charge in [-0.2, -0.15) is 0 Å². The second kappa shape index (κ2) is 16.3. The van der Waals surface area contributed by atoms with E-state index in [4.69, 9.17) is 5.11 Å². The van der Waals surface area contributed by atoms with Crippen LogP contribution in [0.25, 0.3) is 0 Å². The summed E-state index contributed by atoms with van der Waals surface area (Å²) in [6.07, 6.45) is 0.167. The molecule has 0 aromatic heterocycles. The summed E-state index contributed by atoms with van der Waals surface area (Å²) < 4.78 is 0. The second-order valence-electron chi connectivity index (χ2n) is 0.183. The van der Waals surface area contributed by atoms with Crippen molar-refractivity contribution in [3.8, 4) is 0 Å². The van der Waals surface area contributed by atoms with Crippen LogP contribution in [0.3, 0.4) is 0 Å². The van der Waals surface area contributed by atoms with E-state index < -0.39 is 0 Å². The van der Waals surface area contributed by atoms with Gasteiger partial charge in [-0.25, -0.2) is 0 Å². The number of aliphatic hydroxyl groups excluding tert-OH is 1. The fraction of sp³-hybridized carbons (Fsp3) is 1.00. The average molecular weight is 480 g/mol. The van der Waals surface area contributed by atoms with Gasteiger partial charge in [0.25, 0.3) is 0 Å². The Morgan fingerprint density at radius 2 is 1.40 bits per heavy atom. The van der Waals surface area contributed by atoms with Crippen LogP contribution in [0.5, 0.6) is 0 Å². The van der Waals surface area contributed by atoms with E-state index in [0.717, 1.165) is 0 Å². The van der Waals surface area contributed by atoms with Gasteiger partial charge in [0.2, 0.25) is 0 Å². The van der Waals surface area contributed by atoms with E-state index in [2.05, 4.69) is 9.24 Å². The summed E-state index contributed by atoms with van der Waals surface area (Å²) in [6, 6.07) is 0. The number of hydrogen-bond acceptors (Lipinski definition) is 1. The average Bonchev–Trinajstić information content (AvgIpc) is 0.918. The molecule has 5 heavy (non-hydrogen) atoms. The first-order valence-electron chi connectivity index (χ1n) is 0.724. The third kappa shape index (κ3) is 22.4. The maximum absolute atomic E-state index is 7.53. The minimum atomic E-state index is 0. The van der Waals surface area contributed by atoms with Crippen molar-refractivity contribution in [1.82, 2.24) is 0 Å². The molecule has 0 rings (SSSR count). The Labute approximate surface area is 74.4 Å². The van der Waals surface area contributed by atoms with E-state index >= 15 is 0 Å². The molecule has 30 valence electrons. The van der Waals surface area contributed by atoms with Crippen LogP contribution >= 0.6 is 9.24 Å². The molecule has 0 aromatic carbocycles. The molecular formula is CH7OPPb2. The summed E-state index contributed by atoms with van der Waals surface area (Å²) in [5, 5.41) is 7.53. The van der Waals surface area contributed by atoms with Gasteiger partial charge in [-0.1, -0.05) is 0 Å². The third-order valence-corrected chi connectivity index (χ3v) is 0. The van der Waals surface area contributed by atoms with Crippen molar-refractivity contribution in [1.29, 1.82) is 0 Å². The van der Waals surface area contributed by atoms with Crippen molar-refractivity contribution in [3.63, 3.8) is 0 Å². The van der Waals surface area contributed by atoms with Crippen LogP contribution in [-0.4, -0.2) is 66.1 Å². The van der Waals surface area contributed by atoms with Gasteiger partial charge in [-0.3, -0.25) is 0 Å². The maximum atomic E-state index is 7.53. The fourth-order valence-corrected chi connectivity index (χ4v) is 0. The fourth-order valence-electron chi connectivity index (χ4n) is 0. The molecule has 0 aliphatic carbocycles. The molecule has 0 aliphatic heterocycles. The zero-order valence-corrected chi connectivity index (χ0v) is 13.0. The van der Waals surface area contributed by atoms with Gasteiger partial charge in [0.05, 0.1) is 6.35 Å². The molecule has 0 saturated heterocycles. The predicted octanol–water partition coefficient (Wildman–Crippen LogP) is -1.49. The molecule has 0 heterocycles. The molecule has 0 saturated carbocycles. The summed E-state index contributed by atoms with van der Waals surface area (Å²) in [4.78, 5) is 0. The molecule has 0 aromatic rings. The van der Waals surface area contributed by atoms with Gasteiger partial charge in [0.1, 0.15) is 0 Å². The molecule has 0 bridgehead atoms. The monoisotopic (exact) mass is 482 g/mol. The minimum absolute atomic E-state index is 0. The molecule has 1 atom stereocenters. The summed E-state index contributed by atoms with van der Waals surface area (Å²) in [5.74, 6) is 0. The molecular weight excluding hydrogens is 473 g/mol. The Hall–Kier alpha value is 2.23. The summed E-state index contributed by atoms with van der Waals surface area (Å²) in [5.41, 5.74) is 0. The van der Waals surface area contributed by atoms with E-state index in [9.17, 15) is 0 Å². The van der Waals surface area contributed by atoms with Crippen molar-refractivity contribution in [3.05, 3.63) is 0 Å². The quantitative estimate of drug-likeness (QED) is 0.331. The number of rotatable bonds is 0. The Morgan fingerprint density at radius 1 is 1.40 bits per heavy atom. The Bertz CT molecular complexity index is 9.61. The van der Waals surface area contributed by atoms with E-state index in [-0.39, 0.29) is 60.9 Å². The second-order valence-corrected chi connectivity index (χ2v) is 0.548. The van der Waals surface area contributed by atoms with Gasteiger partial charge in [-0.15, -0.1) is 9.24 Å². The summed E-state index contributed by atoms with van der Waals surface area (Å²) >= 11 is 0. The predicted molar refractivity (Wildman–Crippen MR) is 31.1 cm³/mol. The zero-order valence-electron chi connectivity index (χ0n) is 2.89. The van der Waals surface area contributed by atoms with Gasteiger partial charge < -0.3 is 5.11 Å². The van der Waals surface area contributed by atoms with Crippen LogP contribution in [0.15, 0.2) is 0 Å². The third-order valence-electron chi connectivity index (χ3n) is 0. The van der Waals surface area contributed by atoms with Crippen LogP contribution in [0.4, 0.5) is 0 Å². The zero-order chi connectivity index (χ0) is 2.71. The first kappa shape index (κ1) is 15.7. The Morgan fingerprint density at radius 3 is 1.40 bits per heavy atom. The van der Waals surface area contributed by atoms with Crippen molar-refractivity contribution < 1.29 is 5.11 Å². The molecule has 6 radical (unpaired) electrons. The van der Waals surface area contributed by atoms with Gasteiger partial charge in [-0.05, 0) is 0 Å². The van der Waals surface area contributed by atoms with E-state index in [1.54, 1.807) is 0 Å². The van der Waals surface area contributed by atoms with Gasteiger partial charge in [0.15, 0.2) is 0 Å². The van der Waals surface area contributed by atoms with Gasteiger partial charge >= 0.3 is 54.6 Å². The van der Waals surface area contributed by atoms with E-state index in [0.29, 0.717) is 0 Å². The molecule has 1 nitrogen and oxygen atoms in total. The van der Waals surface area contributed by atoms with Crippen LogP contribution in [0.1, 0.15) is 0 Å². The number of aliphatic hydroxyl groups is 1. The van der Waals surface area contributed by atoms with Crippen molar-refractivity contribution in [2.24, 2.45) is 0 Å². The Kier molecular flexibility index (Phi) is 51.2. The summed E-state index contributed by atoms with van der Waals surface area (Å²) in [6.45, 7) is 0. The molecule has 4 heteroatoms. The van der Waals surface area contributed by atoms with Crippen molar-refractivity contribution in [2.45, 2.75) is 0 Å². The van der Waals surface area contributed by atoms with Crippen LogP contribution in [0.2, 0.25) is 0 Å². The number of hydrogen-bond donors (Lipinski definition) is 1. The first-order valence-corrected chi connectivity index (χ1v) is 1.54. The van der Waals surface area contributed by atoms with Crippen LogP contribution in [-0.2, 0) is 0 Å². The molecule has 0 amide bonds. The molecule has 0 spiro atoms. The van der Waals surface area contributed by atoms with Gasteiger partial charge in [0, 0.05) is 0 Å². The summed E-state index contributed by atoms with van der Waals surface area (Å²) in [7, 11) is 2.13. The normalized spacial score (nSPS) is 3.60.